The summed E-state index contributed by atoms with van der Waals surface area (Å²) in [7, 11) is 0. The van der Waals surface area contributed by atoms with E-state index in [9.17, 15) is 9.59 Å². The second-order valence-corrected chi connectivity index (χ2v) is 4.59. The van der Waals surface area contributed by atoms with Gasteiger partial charge in [-0.1, -0.05) is 6.92 Å². The van der Waals surface area contributed by atoms with Crippen molar-refractivity contribution in [3.8, 4) is 0 Å². The fraction of sp³-hybridized carbons (Fsp3) is 0.833. The predicted molar refractivity (Wildman–Crippen MR) is 64.2 cm³/mol. The molecule has 0 aromatic carbocycles. The van der Waals surface area contributed by atoms with Gasteiger partial charge in [0.15, 0.2) is 6.04 Å². The van der Waals surface area contributed by atoms with E-state index in [2.05, 4.69) is 6.92 Å². The average molecular weight is 242 g/mol. The summed E-state index contributed by atoms with van der Waals surface area (Å²) < 4.78 is 4.76. The van der Waals surface area contributed by atoms with Crippen LogP contribution in [0.15, 0.2) is 0 Å². The molecule has 2 unspecified atom stereocenters. The Morgan fingerprint density at radius 1 is 1.41 bits per heavy atom. The van der Waals surface area contributed by atoms with Crippen LogP contribution in [0, 0.1) is 5.92 Å². The molecule has 5 nitrogen and oxygen atoms in total. The number of hydrogen-bond acceptors (Lipinski definition) is 4. The van der Waals surface area contributed by atoms with Gasteiger partial charge in [0, 0.05) is 13.1 Å². The highest BCUT2D eigenvalue weighted by Crippen LogP contribution is 2.16. The van der Waals surface area contributed by atoms with Crippen LogP contribution in [0.3, 0.4) is 0 Å². The molecule has 1 rings (SSSR count). The highest BCUT2D eigenvalue weighted by molar-refractivity contribution is 6.01. The smallest absolute Gasteiger partial charge is 0.332 e. The van der Waals surface area contributed by atoms with Crippen molar-refractivity contribution in [3.63, 3.8) is 0 Å². The van der Waals surface area contributed by atoms with Gasteiger partial charge < -0.3 is 15.4 Å². The van der Waals surface area contributed by atoms with Crippen molar-refractivity contribution in [3.05, 3.63) is 0 Å². The number of nitrogens with two attached hydrogens (primary N) is 1. The van der Waals surface area contributed by atoms with Gasteiger partial charge in [-0.15, -0.1) is 0 Å². The van der Waals surface area contributed by atoms with Crippen LogP contribution >= 0.6 is 0 Å². The average Bonchev–Trinajstić information content (AvgIpc) is 2.52. The molecule has 0 bridgehead atoms. The van der Waals surface area contributed by atoms with Gasteiger partial charge in [-0.3, -0.25) is 4.79 Å². The van der Waals surface area contributed by atoms with Gasteiger partial charge in [0.1, 0.15) is 0 Å². The van der Waals surface area contributed by atoms with Crippen molar-refractivity contribution >= 4 is 11.9 Å². The lowest BCUT2D eigenvalue weighted by Crippen LogP contribution is -2.49. The number of ether oxygens (including phenoxy) is 1. The molecule has 0 aliphatic carbocycles. The van der Waals surface area contributed by atoms with Crippen LogP contribution in [0.25, 0.3) is 0 Å². The Morgan fingerprint density at radius 2 is 2.12 bits per heavy atom. The lowest BCUT2D eigenvalue weighted by atomic mass is 10.0. The largest absolute Gasteiger partial charge is 0.464 e. The van der Waals surface area contributed by atoms with Crippen molar-refractivity contribution in [2.24, 2.45) is 11.7 Å². The molecule has 0 aromatic rings. The Morgan fingerprint density at radius 3 is 2.76 bits per heavy atom. The normalized spacial score (nSPS) is 22.8. The molecule has 17 heavy (non-hydrogen) atoms. The van der Waals surface area contributed by atoms with Crippen molar-refractivity contribution in [1.29, 1.82) is 0 Å². The molecule has 0 saturated carbocycles. The third kappa shape index (κ3) is 4.00. The van der Waals surface area contributed by atoms with Crippen LogP contribution in [-0.2, 0) is 14.3 Å². The van der Waals surface area contributed by atoms with Crippen molar-refractivity contribution in [2.75, 3.05) is 19.7 Å². The Labute approximate surface area is 102 Å². The zero-order chi connectivity index (χ0) is 12.8. The van der Waals surface area contributed by atoms with Crippen molar-refractivity contribution < 1.29 is 14.3 Å². The van der Waals surface area contributed by atoms with Crippen LogP contribution < -0.4 is 5.73 Å². The first-order chi connectivity index (χ1) is 8.06. The van der Waals surface area contributed by atoms with Crippen LogP contribution in [0.2, 0.25) is 0 Å². The minimum absolute atomic E-state index is 0.247. The second kappa shape index (κ2) is 6.59. The van der Waals surface area contributed by atoms with Crippen LogP contribution in [0.1, 0.15) is 33.1 Å². The quantitative estimate of drug-likeness (QED) is 0.578. The number of esters is 1. The van der Waals surface area contributed by atoms with E-state index in [0.717, 1.165) is 19.3 Å². The monoisotopic (exact) mass is 242 g/mol. The molecule has 1 aliphatic heterocycles. The van der Waals surface area contributed by atoms with Crippen LogP contribution in [-0.4, -0.2) is 42.5 Å². The Balaban J connectivity index is 2.53. The fourth-order valence-electron chi connectivity index (χ4n) is 2.01. The Bertz CT molecular complexity index is 281. The van der Waals surface area contributed by atoms with Gasteiger partial charge in [0.2, 0.25) is 0 Å². The number of carbonyl (C=O) groups excluding carboxylic acids is 2. The summed E-state index contributed by atoms with van der Waals surface area (Å²) in [5.41, 5.74) is 5.60. The van der Waals surface area contributed by atoms with E-state index in [1.54, 1.807) is 11.8 Å². The number of nitrogens with zero attached hydrogens (tertiary/aromatic N) is 1. The van der Waals surface area contributed by atoms with Gasteiger partial charge in [-0.2, -0.15) is 0 Å². The first-order valence-corrected chi connectivity index (χ1v) is 6.27. The van der Waals surface area contributed by atoms with Gasteiger partial charge in [0.05, 0.1) is 6.61 Å². The maximum atomic E-state index is 12.0. The number of rotatable bonds is 3. The number of carbonyl (C=O) groups is 2. The minimum atomic E-state index is -1.16. The van der Waals surface area contributed by atoms with E-state index in [1.807, 2.05) is 0 Å². The third-order valence-corrected chi connectivity index (χ3v) is 3.14. The molecule has 0 aromatic heterocycles. The lowest BCUT2D eigenvalue weighted by molar-refractivity contribution is -0.150. The van der Waals surface area contributed by atoms with Crippen LogP contribution in [0.5, 0.6) is 0 Å². The summed E-state index contributed by atoms with van der Waals surface area (Å²) in [6.45, 7) is 5.50. The summed E-state index contributed by atoms with van der Waals surface area (Å²) in [6, 6.07) is -1.16. The predicted octanol–water partition coefficient (Wildman–Crippen LogP) is 0.525. The Kier molecular flexibility index (Phi) is 5.41. The van der Waals surface area contributed by atoms with Gasteiger partial charge in [-0.25, -0.2) is 4.79 Å². The zero-order valence-corrected chi connectivity index (χ0v) is 10.6. The number of likely N-dealkylation sites (tertiary alicyclic amines) is 1. The number of amides is 1. The molecule has 1 aliphatic rings. The molecule has 1 saturated heterocycles. The standard InChI is InChI=1S/C12H22N2O3/c1-3-17-12(16)10(13)11(15)14-7-4-5-9(2)6-8-14/h9-10H,3-8,13H2,1-2H3. The van der Waals surface area contributed by atoms with Crippen molar-refractivity contribution in [2.45, 2.75) is 39.2 Å². The van der Waals surface area contributed by atoms with E-state index in [-0.39, 0.29) is 12.5 Å². The first kappa shape index (κ1) is 14.0. The molecular formula is C12H22N2O3. The van der Waals surface area contributed by atoms with Gasteiger partial charge >= 0.3 is 5.97 Å². The summed E-state index contributed by atoms with van der Waals surface area (Å²) in [4.78, 5) is 25.0. The van der Waals surface area contributed by atoms with E-state index < -0.39 is 12.0 Å². The molecule has 0 spiro atoms. The molecule has 1 fully saturated rings. The van der Waals surface area contributed by atoms with Gasteiger partial charge in [0.25, 0.3) is 5.91 Å². The topological polar surface area (TPSA) is 72.6 Å². The molecule has 2 N–H and O–H groups in total. The van der Waals surface area contributed by atoms with E-state index in [0.29, 0.717) is 19.0 Å². The summed E-state index contributed by atoms with van der Waals surface area (Å²) in [5.74, 6) is -0.307. The summed E-state index contributed by atoms with van der Waals surface area (Å²) in [6.07, 6.45) is 3.07. The second-order valence-electron chi connectivity index (χ2n) is 4.59. The summed E-state index contributed by atoms with van der Waals surface area (Å²) in [5, 5.41) is 0. The van der Waals surface area contributed by atoms with Crippen LogP contribution in [0.4, 0.5) is 0 Å². The first-order valence-electron chi connectivity index (χ1n) is 6.27. The molecule has 2 atom stereocenters. The van der Waals surface area contributed by atoms with E-state index in [4.69, 9.17) is 10.5 Å². The van der Waals surface area contributed by atoms with E-state index >= 15 is 0 Å². The highest BCUT2D eigenvalue weighted by atomic mass is 16.5. The van der Waals surface area contributed by atoms with Crippen molar-refractivity contribution in [1.82, 2.24) is 4.90 Å². The summed E-state index contributed by atoms with van der Waals surface area (Å²) >= 11 is 0. The van der Waals surface area contributed by atoms with E-state index in [1.165, 1.54) is 0 Å². The maximum Gasteiger partial charge on any atom is 0.332 e. The molecule has 1 amide bonds. The fourth-order valence-corrected chi connectivity index (χ4v) is 2.01. The molecular weight excluding hydrogens is 220 g/mol. The number of hydrogen-bond donors (Lipinski definition) is 1. The maximum absolute atomic E-state index is 12.0. The zero-order valence-electron chi connectivity index (χ0n) is 10.6. The SMILES string of the molecule is CCOC(=O)C(N)C(=O)N1CCCC(C)CC1. The Hall–Kier alpha value is -1.10. The highest BCUT2D eigenvalue weighted by Gasteiger charge is 2.29. The van der Waals surface area contributed by atoms with Gasteiger partial charge in [-0.05, 0) is 32.1 Å². The molecule has 1 heterocycles. The lowest BCUT2D eigenvalue weighted by Gasteiger charge is -2.23. The molecule has 5 heteroatoms. The third-order valence-electron chi connectivity index (χ3n) is 3.14. The molecule has 0 radical (unpaired) electrons. The molecule has 98 valence electrons. The minimum Gasteiger partial charge on any atom is -0.464 e.